The van der Waals surface area contributed by atoms with Crippen molar-refractivity contribution in [2.75, 3.05) is 6.54 Å². The average molecular weight is 354 g/mol. The molecule has 3 rings (SSSR count). The van der Waals surface area contributed by atoms with Crippen LogP contribution in [0.15, 0.2) is 34.7 Å². The monoisotopic (exact) mass is 354 g/mol. The van der Waals surface area contributed by atoms with Gasteiger partial charge in [-0.15, -0.1) is 0 Å². The number of likely N-dealkylation sites (tertiary alicyclic amines) is 1. The number of carbonyl (C=O) groups is 2. The molecule has 1 aliphatic rings. The molecule has 1 fully saturated rings. The van der Waals surface area contributed by atoms with Crippen LogP contribution in [-0.4, -0.2) is 23.3 Å². The van der Waals surface area contributed by atoms with Gasteiger partial charge in [0.1, 0.15) is 11.5 Å². The number of hydrogen-bond acceptors (Lipinski definition) is 3. The Morgan fingerprint density at radius 2 is 1.96 bits per heavy atom. The van der Waals surface area contributed by atoms with Crippen LogP contribution in [0.2, 0.25) is 0 Å². The molecular weight excluding hydrogens is 328 g/mol. The van der Waals surface area contributed by atoms with Gasteiger partial charge in [0.2, 0.25) is 11.8 Å². The highest BCUT2D eigenvalue weighted by Crippen LogP contribution is 2.24. The number of nitrogens with one attached hydrogen (secondary N) is 1. The third-order valence-corrected chi connectivity index (χ3v) is 4.98. The Kier molecular flexibility index (Phi) is 5.16. The van der Waals surface area contributed by atoms with Crippen molar-refractivity contribution in [2.45, 2.75) is 46.7 Å². The summed E-state index contributed by atoms with van der Waals surface area (Å²) in [6.45, 7) is 8.79. The van der Waals surface area contributed by atoms with Crippen LogP contribution >= 0.6 is 0 Å². The number of nitrogens with zero attached hydrogens (tertiary/aromatic N) is 1. The summed E-state index contributed by atoms with van der Waals surface area (Å²) in [4.78, 5) is 26.7. The van der Waals surface area contributed by atoms with Gasteiger partial charge in [-0.1, -0.05) is 29.8 Å². The van der Waals surface area contributed by atoms with Crippen LogP contribution < -0.4 is 5.32 Å². The highest BCUT2D eigenvalue weighted by Gasteiger charge is 2.34. The molecule has 2 unspecified atom stereocenters. The number of furan rings is 1. The van der Waals surface area contributed by atoms with Crippen LogP contribution in [0, 0.1) is 26.7 Å². The molecule has 0 aliphatic carbocycles. The van der Waals surface area contributed by atoms with Gasteiger partial charge in [0.15, 0.2) is 0 Å². The van der Waals surface area contributed by atoms with Crippen LogP contribution in [0.3, 0.4) is 0 Å². The third-order valence-electron chi connectivity index (χ3n) is 4.98. The number of hydrogen-bond donors (Lipinski definition) is 1. The Bertz CT molecular complexity index is 807. The van der Waals surface area contributed by atoms with Crippen LogP contribution in [0.4, 0.5) is 0 Å². The van der Waals surface area contributed by atoms with E-state index in [0.29, 0.717) is 13.1 Å². The lowest BCUT2D eigenvalue weighted by Crippen LogP contribution is -2.34. The zero-order valence-electron chi connectivity index (χ0n) is 15.8. The molecule has 5 nitrogen and oxygen atoms in total. The van der Waals surface area contributed by atoms with Crippen molar-refractivity contribution >= 4 is 11.8 Å². The summed E-state index contributed by atoms with van der Waals surface area (Å²) in [5, 5.41) is 3.03. The Hall–Kier alpha value is -2.56. The first-order valence-electron chi connectivity index (χ1n) is 9.04. The van der Waals surface area contributed by atoms with E-state index in [-0.39, 0.29) is 30.2 Å². The highest BCUT2D eigenvalue weighted by atomic mass is 16.3. The summed E-state index contributed by atoms with van der Waals surface area (Å²) in [5.74, 6) is 1.31. The maximum atomic E-state index is 12.6. The fraction of sp³-hybridized carbons (Fsp3) is 0.429. The summed E-state index contributed by atoms with van der Waals surface area (Å²) in [6, 6.07) is 9.95. The van der Waals surface area contributed by atoms with Crippen molar-refractivity contribution in [1.29, 1.82) is 0 Å². The molecule has 0 saturated carbocycles. The first kappa shape index (κ1) is 18.2. The van der Waals surface area contributed by atoms with E-state index in [9.17, 15) is 9.59 Å². The molecule has 1 aromatic heterocycles. The van der Waals surface area contributed by atoms with Gasteiger partial charge in [0, 0.05) is 25.1 Å². The van der Waals surface area contributed by atoms with Crippen molar-refractivity contribution in [3.63, 3.8) is 0 Å². The Morgan fingerprint density at radius 3 is 2.58 bits per heavy atom. The molecule has 0 bridgehead atoms. The van der Waals surface area contributed by atoms with Gasteiger partial charge in [-0.25, -0.2) is 0 Å². The number of rotatable bonds is 5. The van der Waals surface area contributed by atoms with E-state index in [1.54, 1.807) is 4.90 Å². The SMILES string of the molecule is Cc1ccc(CN2CC(C(=O)NC(C)c3cc(C)oc3C)CC2=O)cc1. The minimum atomic E-state index is -0.302. The van der Waals surface area contributed by atoms with E-state index in [2.05, 4.69) is 5.32 Å². The number of amides is 2. The summed E-state index contributed by atoms with van der Waals surface area (Å²) in [5.41, 5.74) is 3.26. The standard InChI is InChI=1S/C21H26N2O3/c1-13-5-7-17(8-6-13)11-23-12-18(10-20(23)24)21(25)22-15(3)19-9-14(2)26-16(19)4/h5-9,15,18H,10-12H2,1-4H3,(H,22,25). The molecule has 138 valence electrons. The van der Waals surface area contributed by atoms with Gasteiger partial charge in [-0.05, 0) is 39.3 Å². The second-order valence-electron chi connectivity index (χ2n) is 7.26. The molecular formula is C21H26N2O3. The van der Waals surface area contributed by atoms with Gasteiger partial charge < -0.3 is 14.6 Å². The molecule has 1 N–H and O–H groups in total. The maximum absolute atomic E-state index is 12.6. The zero-order valence-corrected chi connectivity index (χ0v) is 15.8. The summed E-state index contributed by atoms with van der Waals surface area (Å²) in [7, 11) is 0. The van der Waals surface area contributed by atoms with Crippen molar-refractivity contribution in [3.8, 4) is 0 Å². The molecule has 2 aromatic rings. The molecule has 0 spiro atoms. The van der Waals surface area contributed by atoms with E-state index in [0.717, 1.165) is 22.6 Å². The second kappa shape index (κ2) is 7.36. The largest absolute Gasteiger partial charge is 0.466 e. The fourth-order valence-corrected chi connectivity index (χ4v) is 3.50. The van der Waals surface area contributed by atoms with Crippen molar-refractivity contribution < 1.29 is 14.0 Å². The Labute approximate surface area is 154 Å². The molecule has 2 atom stereocenters. The summed E-state index contributed by atoms with van der Waals surface area (Å²) in [6.07, 6.45) is 0.272. The molecule has 2 amide bonds. The van der Waals surface area contributed by atoms with E-state index in [1.165, 1.54) is 5.56 Å². The van der Waals surface area contributed by atoms with Gasteiger partial charge in [0.05, 0.1) is 12.0 Å². The van der Waals surface area contributed by atoms with Gasteiger partial charge in [-0.3, -0.25) is 9.59 Å². The van der Waals surface area contributed by atoms with E-state index >= 15 is 0 Å². The topological polar surface area (TPSA) is 62.6 Å². The van der Waals surface area contributed by atoms with Crippen LogP contribution in [0.25, 0.3) is 0 Å². The molecule has 26 heavy (non-hydrogen) atoms. The average Bonchev–Trinajstić information content (AvgIpc) is 3.12. The van der Waals surface area contributed by atoms with Gasteiger partial charge in [-0.2, -0.15) is 0 Å². The smallest absolute Gasteiger partial charge is 0.225 e. The second-order valence-corrected chi connectivity index (χ2v) is 7.26. The number of aryl methyl sites for hydroxylation is 3. The molecule has 1 saturated heterocycles. The van der Waals surface area contributed by atoms with Gasteiger partial charge >= 0.3 is 0 Å². The van der Waals surface area contributed by atoms with E-state index in [4.69, 9.17) is 4.42 Å². The Balaban J connectivity index is 1.59. The molecule has 0 radical (unpaired) electrons. The minimum absolute atomic E-state index is 0.0358. The molecule has 1 aromatic carbocycles. The third kappa shape index (κ3) is 3.98. The normalized spacial score (nSPS) is 18.2. The first-order valence-corrected chi connectivity index (χ1v) is 9.04. The maximum Gasteiger partial charge on any atom is 0.225 e. The fourth-order valence-electron chi connectivity index (χ4n) is 3.50. The predicted octanol–water partition coefficient (Wildman–Crippen LogP) is 3.43. The minimum Gasteiger partial charge on any atom is -0.466 e. The van der Waals surface area contributed by atoms with Crippen molar-refractivity contribution in [2.24, 2.45) is 5.92 Å². The van der Waals surface area contributed by atoms with E-state index in [1.807, 2.05) is 58.0 Å². The number of benzene rings is 1. The lowest BCUT2D eigenvalue weighted by Gasteiger charge is -2.18. The van der Waals surface area contributed by atoms with Crippen molar-refractivity contribution in [1.82, 2.24) is 10.2 Å². The summed E-state index contributed by atoms with van der Waals surface area (Å²) >= 11 is 0. The number of carbonyl (C=O) groups excluding carboxylic acids is 2. The lowest BCUT2D eigenvalue weighted by atomic mass is 10.1. The molecule has 5 heteroatoms. The van der Waals surface area contributed by atoms with Crippen LogP contribution in [0.1, 0.15) is 47.6 Å². The summed E-state index contributed by atoms with van der Waals surface area (Å²) < 4.78 is 5.54. The van der Waals surface area contributed by atoms with Crippen LogP contribution in [0.5, 0.6) is 0 Å². The zero-order chi connectivity index (χ0) is 18.8. The van der Waals surface area contributed by atoms with Gasteiger partial charge in [0.25, 0.3) is 0 Å². The Morgan fingerprint density at radius 1 is 1.27 bits per heavy atom. The molecule has 1 aliphatic heterocycles. The van der Waals surface area contributed by atoms with Crippen LogP contribution in [-0.2, 0) is 16.1 Å². The highest BCUT2D eigenvalue weighted by molar-refractivity contribution is 5.89. The quantitative estimate of drug-likeness (QED) is 0.895. The molecule has 2 heterocycles. The first-order chi connectivity index (χ1) is 12.3. The lowest BCUT2D eigenvalue weighted by molar-refractivity contribution is -0.129. The van der Waals surface area contributed by atoms with Crippen molar-refractivity contribution in [3.05, 3.63) is 58.5 Å². The van der Waals surface area contributed by atoms with E-state index < -0.39 is 0 Å². The predicted molar refractivity (Wildman–Crippen MR) is 99.4 cm³/mol.